The summed E-state index contributed by atoms with van der Waals surface area (Å²) < 4.78 is 5.38. The Morgan fingerprint density at radius 2 is 2.25 bits per heavy atom. The zero-order chi connectivity index (χ0) is 5.98. The second-order valence-electron chi connectivity index (χ2n) is 2.33. The van der Waals surface area contributed by atoms with Crippen LogP contribution < -0.4 is 0 Å². The molecular formula is C7H12O. The van der Waals surface area contributed by atoms with Crippen molar-refractivity contribution in [3.63, 3.8) is 0 Å². The van der Waals surface area contributed by atoms with E-state index in [0.717, 1.165) is 12.8 Å². The van der Waals surface area contributed by atoms with Gasteiger partial charge in [0.25, 0.3) is 0 Å². The number of hydrogen-bond acceptors (Lipinski definition) is 1. The standard InChI is InChI=1S/C7H12O/c1-6-4-3-5-7(2)8-6/h6-7H,3-4H2,1-2H3. The fraction of sp³-hybridized carbons (Fsp3) is 0.857. The lowest BCUT2D eigenvalue weighted by atomic mass is 10.1. The molecule has 1 nitrogen and oxygen atoms in total. The van der Waals surface area contributed by atoms with E-state index >= 15 is 0 Å². The Bertz CT molecular complexity index is 62.8. The van der Waals surface area contributed by atoms with Gasteiger partial charge in [-0.3, -0.25) is 0 Å². The molecule has 8 heavy (non-hydrogen) atoms. The topological polar surface area (TPSA) is 9.23 Å². The smallest absolute Gasteiger partial charge is 0.0619 e. The van der Waals surface area contributed by atoms with Gasteiger partial charge in [0.15, 0.2) is 0 Å². The largest absolute Gasteiger partial charge is 0.375 e. The minimum atomic E-state index is 0.263. The monoisotopic (exact) mass is 112 g/mol. The Morgan fingerprint density at radius 3 is 2.62 bits per heavy atom. The van der Waals surface area contributed by atoms with E-state index in [1.54, 1.807) is 0 Å². The van der Waals surface area contributed by atoms with Crippen LogP contribution in [0.25, 0.3) is 0 Å². The summed E-state index contributed by atoms with van der Waals surface area (Å²) in [5.41, 5.74) is 0. The zero-order valence-corrected chi connectivity index (χ0v) is 5.48. The third-order valence-electron chi connectivity index (χ3n) is 1.42. The second kappa shape index (κ2) is 2.49. The average Bonchev–Trinajstić information content (AvgIpc) is 1.64. The first kappa shape index (κ1) is 6.09. The molecule has 0 aromatic carbocycles. The Balaban J connectivity index is 2.23. The highest BCUT2D eigenvalue weighted by Crippen LogP contribution is 2.16. The Kier molecular flexibility index (Phi) is 1.90. The van der Waals surface area contributed by atoms with Gasteiger partial charge in [-0.25, -0.2) is 0 Å². The molecule has 0 N–H and O–H groups in total. The van der Waals surface area contributed by atoms with Crippen molar-refractivity contribution in [2.75, 3.05) is 0 Å². The minimum Gasteiger partial charge on any atom is -0.375 e. The number of hydrogen-bond donors (Lipinski definition) is 0. The lowest BCUT2D eigenvalue weighted by molar-refractivity contribution is -0.00124. The molecule has 46 valence electrons. The van der Waals surface area contributed by atoms with E-state index in [4.69, 9.17) is 4.74 Å². The lowest BCUT2D eigenvalue weighted by Gasteiger charge is -2.23. The van der Waals surface area contributed by atoms with Crippen LogP contribution in [0, 0.1) is 6.42 Å². The van der Waals surface area contributed by atoms with Crippen LogP contribution in [0.2, 0.25) is 0 Å². The number of ether oxygens (including phenoxy) is 1. The maximum atomic E-state index is 5.38. The SMILES string of the molecule is CC1[C]CCC(C)O1. The first-order valence-electron chi connectivity index (χ1n) is 3.18. The van der Waals surface area contributed by atoms with Crippen LogP contribution >= 0.6 is 0 Å². The van der Waals surface area contributed by atoms with E-state index in [-0.39, 0.29) is 6.10 Å². The average molecular weight is 112 g/mol. The van der Waals surface area contributed by atoms with Gasteiger partial charge >= 0.3 is 0 Å². The van der Waals surface area contributed by atoms with E-state index in [2.05, 4.69) is 13.3 Å². The van der Waals surface area contributed by atoms with Crippen LogP contribution in [-0.2, 0) is 4.74 Å². The molecule has 0 aromatic rings. The highest BCUT2D eigenvalue weighted by atomic mass is 16.5. The van der Waals surface area contributed by atoms with E-state index in [1.165, 1.54) is 0 Å². The van der Waals surface area contributed by atoms with Crippen molar-refractivity contribution in [1.29, 1.82) is 0 Å². The van der Waals surface area contributed by atoms with Crippen molar-refractivity contribution in [2.24, 2.45) is 0 Å². The van der Waals surface area contributed by atoms with E-state index in [9.17, 15) is 0 Å². The Hall–Kier alpha value is -0.0400. The molecule has 1 heteroatoms. The summed E-state index contributed by atoms with van der Waals surface area (Å²) in [6.45, 7) is 4.15. The molecule has 0 amide bonds. The molecule has 0 aliphatic carbocycles. The van der Waals surface area contributed by atoms with Gasteiger partial charge in [-0.2, -0.15) is 0 Å². The molecule has 1 aliphatic heterocycles. The van der Waals surface area contributed by atoms with E-state index < -0.39 is 0 Å². The summed E-state index contributed by atoms with van der Waals surface area (Å²) in [5, 5.41) is 0. The maximum absolute atomic E-state index is 5.38. The molecule has 0 spiro atoms. The van der Waals surface area contributed by atoms with Crippen LogP contribution in [0.15, 0.2) is 0 Å². The normalized spacial score (nSPS) is 39.8. The molecule has 0 bridgehead atoms. The molecule has 1 fully saturated rings. The maximum Gasteiger partial charge on any atom is 0.0619 e. The Labute approximate surface area is 51.0 Å². The minimum absolute atomic E-state index is 0.263. The molecule has 0 saturated carbocycles. The highest BCUT2D eigenvalue weighted by molar-refractivity contribution is 4.79. The van der Waals surface area contributed by atoms with Crippen molar-refractivity contribution in [2.45, 2.75) is 38.9 Å². The zero-order valence-electron chi connectivity index (χ0n) is 5.48. The fourth-order valence-electron chi connectivity index (χ4n) is 0.954. The number of rotatable bonds is 0. The molecular weight excluding hydrogens is 100 g/mol. The van der Waals surface area contributed by atoms with Gasteiger partial charge in [-0.05, 0) is 26.7 Å². The van der Waals surface area contributed by atoms with Gasteiger partial charge in [0.1, 0.15) is 0 Å². The van der Waals surface area contributed by atoms with Gasteiger partial charge in [-0.15, -0.1) is 0 Å². The summed E-state index contributed by atoms with van der Waals surface area (Å²) in [6.07, 6.45) is 6.15. The van der Waals surface area contributed by atoms with Crippen LogP contribution in [0.4, 0.5) is 0 Å². The molecule has 2 unspecified atom stereocenters. The second-order valence-corrected chi connectivity index (χ2v) is 2.33. The van der Waals surface area contributed by atoms with Gasteiger partial charge < -0.3 is 4.74 Å². The molecule has 1 heterocycles. The summed E-state index contributed by atoms with van der Waals surface area (Å²) >= 11 is 0. The quantitative estimate of drug-likeness (QED) is 0.463. The van der Waals surface area contributed by atoms with E-state index in [1.807, 2.05) is 6.92 Å². The molecule has 1 aliphatic rings. The van der Waals surface area contributed by atoms with Crippen LogP contribution in [0.3, 0.4) is 0 Å². The van der Waals surface area contributed by atoms with Crippen LogP contribution in [-0.4, -0.2) is 12.2 Å². The van der Waals surface area contributed by atoms with Gasteiger partial charge in [0.2, 0.25) is 0 Å². The highest BCUT2D eigenvalue weighted by Gasteiger charge is 2.14. The van der Waals surface area contributed by atoms with Crippen molar-refractivity contribution in [1.82, 2.24) is 0 Å². The molecule has 2 atom stereocenters. The predicted molar refractivity (Wildman–Crippen MR) is 32.5 cm³/mol. The third-order valence-corrected chi connectivity index (χ3v) is 1.42. The first-order valence-corrected chi connectivity index (χ1v) is 3.18. The van der Waals surface area contributed by atoms with Crippen molar-refractivity contribution >= 4 is 0 Å². The Morgan fingerprint density at radius 1 is 1.50 bits per heavy atom. The third kappa shape index (κ3) is 1.48. The molecule has 0 aromatic heterocycles. The van der Waals surface area contributed by atoms with Crippen LogP contribution in [0.1, 0.15) is 26.7 Å². The van der Waals surface area contributed by atoms with Gasteiger partial charge in [0.05, 0.1) is 12.2 Å². The van der Waals surface area contributed by atoms with Crippen molar-refractivity contribution in [3.05, 3.63) is 6.42 Å². The molecule has 1 rings (SSSR count). The summed E-state index contributed by atoms with van der Waals surface area (Å²) in [7, 11) is 0. The first-order chi connectivity index (χ1) is 3.79. The van der Waals surface area contributed by atoms with Crippen molar-refractivity contribution < 1.29 is 4.74 Å². The lowest BCUT2D eigenvalue weighted by Crippen LogP contribution is -2.22. The predicted octanol–water partition coefficient (Wildman–Crippen LogP) is 1.66. The van der Waals surface area contributed by atoms with Crippen LogP contribution in [0.5, 0.6) is 0 Å². The molecule has 2 radical (unpaired) electrons. The summed E-state index contributed by atoms with van der Waals surface area (Å²) in [5.74, 6) is 0. The summed E-state index contributed by atoms with van der Waals surface area (Å²) in [4.78, 5) is 0. The van der Waals surface area contributed by atoms with E-state index in [0.29, 0.717) is 6.10 Å². The van der Waals surface area contributed by atoms with Crippen molar-refractivity contribution in [3.8, 4) is 0 Å². The van der Waals surface area contributed by atoms with Gasteiger partial charge in [-0.1, -0.05) is 0 Å². The van der Waals surface area contributed by atoms with Gasteiger partial charge in [0, 0.05) is 6.42 Å². The summed E-state index contributed by atoms with van der Waals surface area (Å²) in [6, 6.07) is 0. The fourth-order valence-corrected chi connectivity index (χ4v) is 0.954. The molecule has 1 saturated heterocycles.